The minimum Gasteiger partial charge on any atom is -0.456 e. The highest BCUT2D eigenvalue weighted by Gasteiger charge is 2.11. The predicted octanol–water partition coefficient (Wildman–Crippen LogP) is 4.19. The first-order valence-electron chi connectivity index (χ1n) is 9.22. The molecule has 0 radical (unpaired) electrons. The van der Waals surface area contributed by atoms with Crippen molar-refractivity contribution in [2.75, 3.05) is 5.32 Å². The molecule has 0 unspecified atom stereocenters. The van der Waals surface area contributed by atoms with E-state index in [9.17, 15) is 4.79 Å². The number of carbonyl (C=O) groups excluding carboxylic acids is 1. The van der Waals surface area contributed by atoms with Gasteiger partial charge in [-0.2, -0.15) is 4.80 Å². The number of rotatable bonds is 4. The lowest BCUT2D eigenvalue weighted by Gasteiger charge is -2.04. The van der Waals surface area contributed by atoms with E-state index in [2.05, 4.69) is 20.7 Å². The molecule has 7 nitrogen and oxygen atoms in total. The number of furan rings is 1. The highest BCUT2D eigenvalue weighted by Crippen LogP contribution is 2.30. The van der Waals surface area contributed by atoms with Crippen LogP contribution in [0.2, 0.25) is 0 Å². The third-order valence-corrected chi connectivity index (χ3v) is 4.71. The number of hydrogen-bond donors (Lipinski definition) is 1. The summed E-state index contributed by atoms with van der Waals surface area (Å²) in [6.07, 6.45) is 0. The van der Waals surface area contributed by atoms with Gasteiger partial charge in [-0.1, -0.05) is 48.0 Å². The molecule has 1 amide bonds. The van der Waals surface area contributed by atoms with Crippen LogP contribution in [0.5, 0.6) is 0 Å². The van der Waals surface area contributed by atoms with Crippen molar-refractivity contribution in [1.29, 1.82) is 0 Å². The summed E-state index contributed by atoms with van der Waals surface area (Å²) in [6, 6.07) is 21.3. The van der Waals surface area contributed by atoms with Crippen molar-refractivity contribution >= 4 is 33.5 Å². The lowest BCUT2D eigenvalue weighted by molar-refractivity contribution is -0.117. The Bertz CT molecular complexity index is 1330. The van der Waals surface area contributed by atoms with Gasteiger partial charge in [0.15, 0.2) is 0 Å². The third kappa shape index (κ3) is 3.34. The largest absolute Gasteiger partial charge is 0.456 e. The first kappa shape index (κ1) is 17.1. The average molecular weight is 383 g/mol. The summed E-state index contributed by atoms with van der Waals surface area (Å²) in [5.74, 6) is 0.245. The summed E-state index contributed by atoms with van der Waals surface area (Å²) >= 11 is 0. The number of carbonyl (C=O) groups is 1. The van der Waals surface area contributed by atoms with Crippen LogP contribution in [-0.2, 0) is 11.3 Å². The minimum atomic E-state index is -0.242. The van der Waals surface area contributed by atoms with Gasteiger partial charge in [-0.25, -0.2) is 0 Å². The molecule has 0 aliphatic carbocycles. The van der Waals surface area contributed by atoms with Crippen LogP contribution in [0.3, 0.4) is 0 Å². The summed E-state index contributed by atoms with van der Waals surface area (Å²) in [7, 11) is 0. The monoisotopic (exact) mass is 383 g/mol. The van der Waals surface area contributed by atoms with Gasteiger partial charge >= 0.3 is 0 Å². The first-order chi connectivity index (χ1) is 14.2. The fraction of sp³-hybridized carbons (Fsp3) is 0.0909. The summed E-state index contributed by atoms with van der Waals surface area (Å²) in [5, 5.41) is 17.2. The first-order valence-corrected chi connectivity index (χ1v) is 9.22. The quantitative estimate of drug-likeness (QED) is 0.503. The van der Waals surface area contributed by atoms with Crippen LogP contribution in [0.4, 0.5) is 5.69 Å². The molecule has 0 fully saturated rings. The van der Waals surface area contributed by atoms with Crippen LogP contribution in [0.15, 0.2) is 71.1 Å². The molecular weight excluding hydrogens is 366 g/mol. The maximum Gasteiger partial charge on any atom is 0.248 e. The SMILES string of the molecule is Cc1ccc(-c2nnn(CC(=O)Nc3ccc4c(c3)oc3ccccc34)n2)cc1. The van der Waals surface area contributed by atoms with Crippen molar-refractivity contribution in [3.8, 4) is 11.4 Å². The molecule has 29 heavy (non-hydrogen) atoms. The van der Waals surface area contributed by atoms with Gasteiger partial charge in [-0.3, -0.25) is 4.79 Å². The van der Waals surface area contributed by atoms with Gasteiger partial charge in [0.2, 0.25) is 11.7 Å². The van der Waals surface area contributed by atoms with Gasteiger partial charge in [0.25, 0.3) is 0 Å². The second-order valence-electron chi connectivity index (χ2n) is 6.87. The summed E-state index contributed by atoms with van der Waals surface area (Å²) in [5.41, 5.74) is 4.21. The second-order valence-corrected chi connectivity index (χ2v) is 6.87. The van der Waals surface area contributed by atoms with Gasteiger partial charge in [0.05, 0.1) is 0 Å². The number of para-hydroxylation sites is 1. The Morgan fingerprint density at radius 1 is 1.00 bits per heavy atom. The van der Waals surface area contributed by atoms with Crippen molar-refractivity contribution < 1.29 is 9.21 Å². The Morgan fingerprint density at radius 3 is 2.66 bits per heavy atom. The van der Waals surface area contributed by atoms with E-state index in [1.807, 2.05) is 73.7 Å². The van der Waals surface area contributed by atoms with E-state index >= 15 is 0 Å². The number of fused-ring (bicyclic) bond motifs is 3. The van der Waals surface area contributed by atoms with E-state index in [0.29, 0.717) is 11.5 Å². The number of nitrogens with one attached hydrogen (secondary N) is 1. The van der Waals surface area contributed by atoms with E-state index in [1.54, 1.807) is 0 Å². The topological polar surface area (TPSA) is 85.8 Å². The summed E-state index contributed by atoms with van der Waals surface area (Å²) < 4.78 is 5.86. The van der Waals surface area contributed by atoms with Gasteiger partial charge in [0.1, 0.15) is 17.7 Å². The number of aromatic nitrogens is 4. The molecule has 0 aliphatic heterocycles. The Morgan fingerprint density at radius 2 is 1.79 bits per heavy atom. The molecule has 2 aromatic heterocycles. The van der Waals surface area contributed by atoms with E-state index in [4.69, 9.17) is 4.42 Å². The van der Waals surface area contributed by atoms with Gasteiger partial charge in [-0.15, -0.1) is 10.2 Å². The molecular formula is C22H17N5O2. The van der Waals surface area contributed by atoms with Crippen molar-refractivity contribution in [1.82, 2.24) is 20.2 Å². The summed E-state index contributed by atoms with van der Waals surface area (Å²) in [4.78, 5) is 13.7. The molecule has 3 aromatic carbocycles. The fourth-order valence-electron chi connectivity index (χ4n) is 3.26. The Hall–Kier alpha value is -4.00. The molecule has 0 bridgehead atoms. The van der Waals surface area contributed by atoms with Crippen LogP contribution in [-0.4, -0.2) is 26.1 Å². The zero-order valence-corrected chi connectivity index (χ0v) is 15.7. The van der Waals surface area contributed by atoms with E-state index in [0.717, 1.165) is 33.1 Å². The lowest BCUT2D eigenvalue weighted by atomic mass is 10.1. The van der Waals surface area contributed by atoms with E-state index in [1.165, 1.54) is 4.80 Å². The van der Waals surface area contributed by atoms with E-state index in [-0.39, 0.29) is 12.5 Å². The van der Waals surface area contributed by atoms with Crippen molar-refractivity contribution in [2.24, 2.45) is 0 Å². The summed E-state index contributed by atoms with van der Waals surface area (Å²) in [6.45, 7) is 1.98. The molecule has 0 saturated carbocycles. The average Bonchev–Trinajstić information content (AvgIpc) is 3.32. The molecule has 5 aromatic rings. The number of nitrogens with zero attached hydrogens (tertiary/aromatic N) is 4. The Labute approximate surface area is 165 Å². The standard InChI is InChI=1S/C22H17N5O2/c1-14-6-8-15(9-7-14)22-24-26-27(25-22)13-21(28)23-16-10-11-18-17-4-2-3-5-19(17)29-20(18)12-16/h2-12H,13H2,1H3,(H,23,28). The highest BCUT2D eigenvalue weighted by atomic mass is 16.3. The second kappa shape index (κ2) is 6.87. The van der Waals surface area contributed by atoms with Crippen molar-refractivity contribution in [2.45, 2.75) is 13.5 Å². The maximum absolute atomic E-state index is 12.4. The Kier molecular flexibility index (Phi) is 4.05. The van der Waals surface area contributed by atoms with Crippen LogP contribution in [0.25, 0.3) is 33.3 Å². The number of amides is 1. The number of aryl methyl sites for hydroxylation is 1. The predicted molar refractivity (Wildman–Crippen MR) is 110 cm³/mol. The minimum absolute atomic E-state index is 0.0307. The number of hydrogen-bond acceptors (Lipinski definition) is 5. The molecule has 0 spiro atoms. The smallest absolute Gasteiger partial charge is 0.248 e. The number of anilines is 1. The van der Waals surface area contributed by atoms with Gasteiger partial charge < -0.3 is 9.73 Å². The van der Waals surface area contributed by atoms with Crippen LogP contribution >= 0.6 is 0 Å². The molecule has 2 heterocycles. The zero-order valence-electron chi connectivity index (χ0n) is 15.7. The number of benzene rings is 3. The fourth-order valence-corrected chi connectivity index (χ4v) is 3.26. The molecule has 0 saturated heterocycles. The molecule has 1 N–H and O–H groups in total. The van der Waals surface area contributed by atoms with Crippen molar-refractivity contribution in [3.63, 3.8) is 0 Å². The van der Waals surface area contributed by atoms with Crippen molar-refractivity contribution in [3.05, 3.63) is 72.3 Å². The van der Waals surface area contributed by atoms with Crippen LogP contribution in [0.1, 0.15) is 5.56 Å². The van der Waals surface area contributed by atoms with Crippen LogP contribution in [0, 0.1) is 6.92 Å². The molecule has 0 aliphatic rings. The molecule has 142 valence electrons. The highest BCUT2D eigenvalue weighted by molar-refractivity contribution is 6.06. The maximum atomic E-state index is 12.4. The lowest BCUT2D eigenvalue weighted by Crippen LogP contribution is -2.20. The van der Waals surface area contributed by atoms with Gasteiger partial charge in [-0.05, 0) is 30.3 Å². The molecule has 0 atom stereocenters. The van der Waals surface area contributed by atoms with Gasteiger partial charge in [0, 0.05) is 28.1 Å². The van der Waals surface area contributed by atoms with E-state index < -0.39 is 0 Å². The number of tetrazole rings is 1. The van der Waals surface area contributed by atoms with Crippen LogP contribution < -0.4 is 5.32 Å². The Balaban J connectivity index is 1.31. The third-order valence-electron chi connectivity index (χ3n) is 4.71. The molecule has 7 heteroatoms. The molecule has 5 rings (SSSR count). The normalized spacial score (nSPS) is 11.2. The zero-order chi connectivity index (χ0) is 19.8.